The van der Waals surface area contributed by atoms with Crippen LogP contribution < -0.4 is 16.6 Å². The van der Waals surface area contributed by atoms with Crippen LogP contribution >= 0.6 is 0 Å². The number of benzene rings is 1. The smallest absolute Gasteiger partial charge is 0.293 e. The number of nitrogens with two attached hydrogens (primary N) is 1. The third-order valence-electron chi connectivity index (χ3n) is 2.97. The van der Waals surface area contributed by atoms with Crippen molar-refractivity contribution in [3.8, 4) is 0 Å². The van der Waals surface area contributed by atoms with Crippen molar-refractivity contribution >= 4 is 17.3 Å². The number of rotatable bonds is 5. The molecular weight excluding hydrogens is 248 g/mol. The zero-order valence-electron chi connectivity index (χ0n) is 11.1. The quantitative estimate of drug-likeness (QED) is 0.426. The van der Waals surface area contributed by atoms with Crippen LogP contribution in [0, 0.1) is 16.0 Å². The van der Waals surface area contributed by atoms with Gasteiger partial charge in [-0.1, -0.05) is 13.8 Å². The molecule has 1 unspecified atom stereocenters. The van der Waals surface area contributed by atoms with Crippen molar-refractivity contribution in [2.45, 2.75) is 26.8 Å². The third kappa shape index (κ3) is 3.65. The number of nitrogens with zero attached hydrogens (tertiary/aromatic N) is 1. The Morgan fingerprint density at radius 3 is 2.47 bits per heavy atom. The van der Waals surface area contributed by atoms with E-state index in [-0.39, 0.29) is 23.3 Å². The summed E-state index contributed by atoms with van der Waals surface area (Å²) in [6, 6.07) is 4.03. The van der Waals surface area contributed by atoms with Gasteiger partial charge in [-0.2, -0.15) is 0 Å². The highest BCUT2D eigenvalue weighted by molar-refractivity contribution is 5.96. The minimum atomic E-state index is -0.562. The molecule has 19 heavy (non-hydrogen) atoms. The highest BCUT2D eigenvalue weighted by atomic mass is 16.6. The number of carbonyl (C=O) groups is 1. The van der Waals surface area contributed by atoms with Gasteiger partial charge in [-0.25, -0.2) is 0 Å². The standard InChI is InChI=1S/C12H18N4O3/c1-7(2)8(3)14-12(17)9-4-5-11(16(18)19)10(6-9)15-13/h4-8,15H,13H2,1-3H3,(H,14,17). The molecule has 104 valence electrons. The van der Waals surface area contributed by atoms with Crippen molar-refractivity contribution in [1.82, 2.24) is 5.32 Å². The number of amides is 1. The van der Waals surface area contributed by atoms with Gasteiger partial charge in [0.1, 0.15) is 5.69 Å². The maximum atomic E-state index is 12.0. The molecule has 4 N–H and O–H groups in total. The Morgan fingerprint density at radius 1 is 1.37 bits per heavy atom. The Bertz CT molecular complexity index is 488. The predicted molar refractivity (Wildman–Crippen MR) is 72.7 cm³/mol. The van der Waals surface area contributed by atoms with Crippen LogP contribution in [-0.4, -0.2) is 16.9 Å². The van der Waals surface area contributed by atoms with Crippen molar-refractivity contribution in [2.24, 2.45) is 11.8 Å². The number of carbonyl (C=O) groups excluding carboxylic acids is 1. The second-order valence-corrected chi connectivity index (χ2v) is 4.64. The lowest BCUT2D eigenvalue weighted by Crippen LogP contribution is -2.36. The molecule has 0 fully saturated rings. The number of nitro benzene ring substituents is 1. The number of nitrogen functional groups attached to an aromatic ring is 1. The monoisotopic (exact) mass is 266 g/mol. The van der Waals surface area contributed by atoms with Gasteiger partial charge < -0.3 is 10.7 Å². The Kier molecular flexibility index (Phi) is 4.82. The fourth-order valence-electron chi connectivity index (χ4n) is 1.41. The first kappa shape index (κ1) is 14.9. The van der Waals surface area contributed by atoms with Crippen LogP contribution in [0.1, 0.15) is 31.1 Å². The lowest BCUT2D eigenvalue weighted by molar-refractivity contribution is -0.384. The Hall–Kier alpha value is -2.15. The maximum Gasteiger partial charge on any atom is 0.293 e. The fraction of sp³-hybridized carbons (Fsp3) is 0.417. The van der Waals surface area contributed by atoms with E-state index >= 15 is 0 Å². The Morgan fingerprint density at radius 2 is 2.00 bits per heavy atom. The first-order valence-corrected chi connectivity index (χ1v) is 5.92. The Labute approximate surface area is 111 Å². The average molecular weight is 266 g/mol. The van der Waals surface area contributed by atoms with Crippen LogP contribution in [0.2, 0.25) is 0 Å². The molecule has 7 heteroatoms. The third-order valence-corrected chi connectivity index (χ3v) is 2.97. The van der Waals surface area contributed by atoms with E-state index in [1.54, 1.807) is 0 Å². The van der Waals surface area contributed by atoms with Gasteiger partial charge in [0, 0.05) is 17.7 Å². The first-order chi connectivity index (χ1) is 8.86. The highest BCUT2D eigenvalue weighted by Crippen LogP contribution is 2.24. The molecule has 0 spiro atoms. The van der Waals surface area contributed by atoms with Gasteiger partial charge in [0.15, 0.2) is 0 Å². The van der Waals surface area contributed by atoms with Crippen molar-refractivity contribution in [2.75, 3.05) is 5.43 Å². The molecule has 0 aliphatic carbocycles. The van der Waals surface area contributed by atoms with Gasteiger partial charge in [-0.3, -0.25) is 20.8 Å². The summed E-state index contributed by atoms with van der Waals surface area (Å²) in [6.07, 6.45) is 0. The van der Waals surface area contributed by atoms with Crippen LogP contribution in [0.25, 0.3) is 0 Å². The molecular formula is C12H18N4O3. The normalized spacial score (nSPS) is 12.1. The molecule has 1 aromatic rings. The second-order valence-electron chi connectivity index (χ2n) is 4.64. The molecule has 1 atom stereocenters. The van der Waals surface area contributed by atoms with Crippen molar-refractivity contribution in [3.05, 3.63) is 33.9 Å². The summed E-state index contributed by atoms with van der Waals surface area (Å²) in [6.45, 7) is 5.89. The average Bonchev–Trinajstić information content (AvgIpc) is 2.37. The molecule has 1 rings (SSSR count). The molecule has 0 radical (unpaired) electrons. The van der Waals surface area contributed by atoms with Crippen LogP contribution in [-0.2, 0) is 0 Å². The SMILES string of the molecule is CC(C)C(C)NC(=O)c1ccc([N+](=O)[O-])c(NN)c1. The lowest BCUT2D eigenvalue weighted by atomic mass is 10.1. The maximum absolute atomic E-state index is 12.0. The largest absolute Gasteiger partial charge is 0.349 e. The van der Waals surface area contributed by atoms with Crippen molar-refractivity contribution in [1.29, 1.82) is 0 Å². The van der Waals surface area contributed by atoms with Crippen LogP contribution in [0.15, 0.2) is 18.2 Å². The van der Waals surface area contributed by atoms with Crippen molar-refractivity contribution < 1.29 is 9.72 Å². The van der Waals surface area contributed by atoms with Crippen molar-refractivity contribution in [3.63, 3.8) is 0 Å². The summed E-state index contributed by atoms with van der Waals surface area (Å²) >= 11 is 0. The summed E-state index contributed by atoms with van der Waals surface area (Å²) < 4.78 is 0. The Balaban J connectivity index is 2.96. The number of hydrogen-bond acceptors (Lipinski definition) is 5. The molecule has 0 aliphatic rings. The number of hydrazine groups is 1. The minimum Gasteiger partial charge on any atom is -0.349 e. The van der Waals surface area contributed by atoms with E-state index in [0.29, 0.717) is 11.5 Å². The molecule has 0 saturated heterocycles. The molecule has 0 saturated carbocycles. The highest BCUT2D eigenvalue weighted by Gasteiger charge is 2.17. The fourth-order valence-corrected chi connectivity index (χ4v) is 1.41. The topological polar surface area (TPSA) is 110 Å². The van der Waals surface area contributed by atoms with Crippen LogP contribution in [0.3, 0.4) is 0 Å². The van der Waals surface area contributed by atoms with Crippen LogP contribution in [0.4, 0.5) is 11.4 Å². The molecule has 7 nitrogen and oxygen atoms in total. The van der Waals surface area contributed by atoms with E-state index in [2.05, 4.69) is 10.7 Å². The van der Waals surface area contributed by atoms with Gasteiger partial charge in [0.05, 0.1) is 4.92 Å². The van der Waals surface area contributed by atoms with E-state index in [1.165, 1.54) is 18.2 Å². The number of nitrogens with one attached hydrogen (secondary N) is 2. The van der Waals surface area contributed by atoms with E-state index in [4.69, 9.17) is 5.84 Å². The summed E-state index contributed by atoms with van der Waals surface area (Å²) in [7, 11) is 0. The number of nitro groups is 1. The summed E-state index contributed by atoms with van der Waals surface area (Å²) in [5, 5.41) is 13.6. The molecule has 1 amide bonds. The number of anilines is 1. The summed E-state index contributed by atoms with van der Waals surface area (Å²) in [5.41, 5.74) is 2.49. The van der Waals surface area contributed by atoms with Crippen LogP contribution in [0.5, 0.6) is 0 Å². The number of hydrogen-bond donors (Lipinski definition) is 3. The van der Waals surface area contributed by atoms with Gasteiger partial charge in [0.25, 0.3) is 11.6 Å². The zero-order valence-corrected chi connectivity index (χ0v) is 11.1. The van der Waals surface area contributed by atoms with E-state index in [1.807, 2.05) is 20.8 Å². The van der Waals surface area contributed by atoms with Gasteiger partial charge in [-0.15, -0.1) is 0 Å². The minimum absolute atomic E-state index is 0.0111. The summed E-state index contributed by atoms with van der Waals surface area (Å²) in [5.74, 6) is 5.24. The van der Waals surface area contributed by atoms with E-state index in [0.717, 1.165) is 0 Å². The molecule has 0 aliphatic heterocycles. The van der Waals surface area contributed by atoms with Gasteiger partial charge in [0.2, 0.25) is 0 Å². The zero-order chi connectivity index (χ0) is 14.6. The predicted octanol–water partition coefficient (Wildman–Crippen LogP) is 1.65. The van der Waals surface area contributed by atoms with E-state index < -0.39 is 4.92 Å². The molecule has 0 heterocycles. The molecule has 0 bridgehead atoms. The second kappa shape index (κ2) is 6.14. The lowest BCUT2D eigenvalue weighted by Gasteiger charge is -2.17. The molecule has 1 aromatic carbocycles. The van der Waals surface area contributed by atoms with Gasteiger partial charge in [-0.05, 0) is 25.0 Å². The van der Waals surface area contributed by atoms with Gasteiger partial charge >= 0.3 is 0 Å². The van der Waals surface area contributed by atoms with E-state index in [9.17, 15) is 14.9 Å². The molecule has 0 aromatic heterocycles. The summed E-state index contributed by atoms with van der Waals surface area (Å²) in [4.78, 5) is 22.1. The first-order valence-electron chi connectivity index (χ1n) is 5.92.